The van der Waals surface area contributed by atoms with Gasteiger partial charge >= 0.3 is 5.97 Å². The van der Waals surface area contributed by atoms with Gasteiger partial charge < -0.3 is 4.74 Å². The first-order chi connectivity index (χ1) is 9.70. The SMILES string of the molecule is C=CCCCCCCCCOC(=O)C[C@H](C)CCC=C. The van der Waals surface area contributed by atoms with Crippen molar-refractivity contribution in [3.8, 4) is 0 Å². The number of carbonyl (C=O) groups excluding carboxylic acids is 1. The van der Waals surface area contributed by atoms with E-state index < -0.39 is 0 Å². The smallest absolute Gasteiger partial charge is 0.306 e. The zero-order valence-electron chi connectivity index (χ0n) is 13.2. The average molecular weight is 280 g/mol. The molecule has 0 radical (unpaired) electrons. The zero-order valence-corrected chi connectivity index (χ0v) is 13.2. The number of allylic oxidation sites excluding steroid dienone is 2. The van der Waals surface area contributed by atoms with Gasteiger partial charge in [-0.15, -0.1) is 13.2 Å². The van der Waals surface area contributed by atoms with Gasteiger partial charge in [0.1, 0.15) is 0 Å². The molecule has 2 nitrogen and oxygen atoms in total. The molecule has 0 aliphatic rings. The van der Waals surface area contributed by atoms with Gasteiger partial charge in [0, 0.05) is 6.42 Å². The van der Waals surface area contributed by atoms with Crippen LogP contribution in [-0.4, -0.2) is 12.6 Å². The molecule has 0 rings (SSSR count). The van der Waals surface area contributed by atoms with Crippen molar-refractivity contribution in [1.82, 2.24) is 0 Å². The van der Waals surface area contributed by atoms with Gasteiger partial charge in [0.25, 0.3) is 0 Å². The lowest BCUT2D eigenvalue weighted by Crippen LogP contribution is -2.10. The monoisotopic (exact) mass is 280 g/mol. The van der Waals surface area contributed by atoms with Gasteiger partial charge in [0.05, 0.1) is 6.61 Å². The number of carbonyl (C=O) groups is 1. The molecule has 0 bridgehead atoms. The Bertz CT molecular complexity index is 258. The van der Waals surface area contributed by atoms with Gasteiger partial charge in [-0.1, -0.05) is 44.8 Å². The number of esters is 1. The van der Waals surface area contributed by atoms with Crippen LogP contribution < -0.4 is 0 Å². The van der Waals surface area contributed by atoms with Gasteiger partial charge in [-0.05, 0) is 38.0 Å². The Morgan fingerprint density at radius 2 is 1.60 bits per heavy atom. The highest BCUT2D eigenvalue weighted by Gasteiger charge is 2.09. The molecule has 0 N–H and O–H groups in total. The molecule has 0 saturated carbocycles. The minimum Gasteiger partial charge on any atom is -0.466 e. The molecule has 0 unspecified atom stereocenters. The molecular formula is C18H32O2. The maximum absolute atomic E-state index is 11.6. The number of hydrogen-bond donors (Lipinski definition) is 0. The Morgan fingerprint density at radius 3 is 2.25 bits per heavy atom. The van der Waals surface area contributed by atoms with Gasteiger partial charge in [-0.3, -0.25) is 4.79 Å². The lowest BCUT2D eigenvalue weighted by Gasteiger charge is -2.09. The molecule has 0 aliphatic heterocycles. The fraction of sp³-hybridized carbons (Fsp3) is 0.722. The molecule has 2 heteroatoms. The zero-order chi connectivity index (χ0) is 15.1. The highest BCUT2D eigenvalue weighted by atomic mass is 16.5. The van der Waals surface area contributed by atoms with Crippen molar-refractivity contribution in [3.05, 3.63) is 25.3 Å². The number of hydrogen-bond acceptors (Lipinski definition) is 2. The van der Waals surface area contributed by atoms with Crippen molar-refractivity contribution < 1.29 is 9.53 Å². The topological polar surface area (TPSA) is 26.3 Å². The largest absolute Gasteiger partial charge is 0.466 e. The second-order valence-corrected chi connectivity index (χ2v) is 5.59. The molecule has 0 heterocycles. The van der Waals surface area contributed by atoms with Crippen molar-refractivity contribution in [3.63, 3.8) is 0 Å². The maximum atomic E-state index is 11.6. The van der Waals surface area contributed by atoms with Gasteiger partial charge in [-0.25, -0.2) is 0 Å². The summed E-state index contributed by atoms with van der Waals surface area (Å²) < 4.78 is 5.26. The van der Waals surface area contributed by atoms with E-state index in [1.54, 1.807) is 0 Å². The molecule has 0 fully saturated rings. The second-order valence-electron chi connectivity index (χ2n) is 5.59. The normalized spacial score (nSPS) is 11.8. The first kappa shape index (κ1) is 18.9. The predicted molar refractivity (Wildman–Crippen MR) is 86.7 cm³/mol. The fourth-order valence-corrected chi connectivity index (χ4v) is 2.13. The predicted octanol–water partition coefficient (Wildman–Crippen LogP) is 5.44. The van der Waals surface area contributed by atoms with Crippen LogP contribution in [-0.2, 0) is 9.53 Å². The van der Waals surface area contributed by atoms with E-state index in [1.807, 2.05) is 12.2 Å². The fourth-order valence-electron chi connectivity index (χ4n) is 2.13. The molecule has 116 valence electrons. The molecule has 0 aliphatic carbocycles. The summed E-state index contributed by atoms with van der Waals surface area (Å²) in [5.74, 6) is 0.345. The minimum atomic E-state index is -0.0486. The summed E-state index contributed by atoms with van der Waals surface area (Å²) in [6, 6.07) is 0. The first-order valence-electron chi connectivity index (χ1n) is 8.08. The van der Waals surface area contributed by atoms with Crippen LogP contribution in [0.1, 0.15) is 71.1 Å². The molecular weight excluding hydrogens is 248 g/mol. The first-order valence-corrected chi connectivity index (χ1v) is 8.08. The van der Waals surface area contributed by atoms with Crippen molar-refractivity contribution in [2.75, 3.05) is 6.61 Å². The molecule has 0 aromatic heterocycles. The Balaban J connectivity index is 3.30. The molecule has 0 aromatic rings. The molecule has 1 atom stereocenters. The lowest BCUT2D eigenvalue weighted by atomic mass is 10.0. The lowest BCUT2D eigenvalue weighted by molar-refractivity contribution is -0.144. The van der Waals surface area contributed by atoms with Gasteiger partial charge in [0.15, 0.2) is 0 Å². The third-order valence-corrected chi connectivity index (χ3v) is 3.44. The summed E-state index contributed by atoms with van der Waals surface area (Å²) >= 11 is 0. The summed E-state index contributed by atoms with van der Waals surface area (Å²) in [6.45, 7) is 10.1. The van der Waals surface area contributed by atoms with E-state index in [0.29, 0.717) is 18.9 Å². The van der Waals surface area contributed by atoms with E-state index in [1.165, 1.54) is 25.7 Å². The second kappa shape index (κ2) is 14.4. The van der Waals surface area contributed by atoms with Crippen LogP contribution in [0, 0.1) is 5.92 Å². The Kier molecular flexibility index (Phi) is 13.6. The van der Waals surface area contributed by atoms with Crippen LogP contribution in [0.3, 0.4) is 0 Å². The van der Waals surface area contributed by atoms with E-state index in [9.17, 15) is 4.79 Å². The van der Waals surface area contributed by atoms with Crippen molar-refractivity contribution >= 4 is 5.97 Å². The summed E-state index contributed by atoms with van der Waals surface area (Å²) in [5.41, 5.74) is 0. The summed E-state index contributed by atoms with van der Waals surface area (Å²) in [6.07, 6.45) is 14.7. The molecule has 0 saturated heterocycles. The van der Waals surface area contributed by atoms with Crippen molar-refractivity contribution in [2.24, 2.45) is 5.92 Å². The summed E-state index contributed by atoms with van der Waals surface area (Å²) in [5, 5.41) is 0. The molecule has 0 aromatic carbocycles. The Morgan fingerprint density at radius 1 is 1.00 bits per heavy atom. The summed E-state index contributed by atoms with van der Waals surface area (Å²) in [4.78, 5) is 11.6. The van der Waals surface area contributed by atoms with Crippen LogP contribution in [0.5, 0.6) is 0 Å². The van der Waals surface area contributed by atoms with Crippen molar-refractivity contribution in [2.45, 2.75) is 71.1 Å². The highest BCUT2D eigenvalue weighted by Crippen LogP contribution is 2.12. The van der Waals surface area contributed by atoms with E-state index >= 15 is 0 Å². The standard InChI is InChI=1S/C18H32O2/c1-4-6-8-9-10-11-12-13-15-20-18(19)16-17(3)14-7-5-2/h4-5,17H,1-2,6-16H2,3H3/t17-/m1/s1. The molecule has 0 amide bonds. The van der Waals surface area contributed by atoms with Gasteiger partial charge in [0.2, 0.25) is 0 Å². The minimum absolute atomic E-state index is 0.0486. The Hall–Kier alpha value is -1.05. The van der Waals surface area contributed by atoms with Crippen LogP contribution >= 0.6 is 0 Å². The number of unbranched alkanes of at least 4 members (excludes halogenated alkanes) is 6. The van der Waals surface area contributed by atoms with Crippen molar-refractivity contribution in [1.29, 1.82) is 0 Å². The summed E-state index contributed by atoms with van der Waals surface area (Å²) in [7, 11) is 0. The van der Waals surface area contributed by atoms with E-state index in [0.717, 1.165) is 32.1 Å². The van der Waals surface area contributed by atoms with E-state index in [4.69, 9.17) is 4.74 Å². The number of ether oxygens (including phenoxy) is 1. The number of rotatable bonds is 14. The Labute approximate surface area is 125 Å². The highest BCUT2D eigenvalue weighted by molar-refractivity contribution is 5.69. The van der Waals surface area contributed by atoms with Crippen LogP contribution in [0.2, 0.25) is 0 Å². The van der Waals surface area contributed by atoms with Crippen LogP contribution in [0.25, 0.3) is 0 Å². The molecule has 0 spiro atoms. The van der Waals surface area contributed by atoms with Crippen LogP contribution in [0.4, 0.5) is 0 Å². The maximum Gasteiger partial charge on any atom is 0.306 e. The third-order valence-electron chi connectivity index (χ3n) is 3.44. The third kappa shape index (κ3) is 13.4. The van der Waals surface area contributed by atoms with Crippen LogP contribution in [0.15, 0.2) is 25.3 Å². The van der Waals surface area contributed by atoms with E-state index in [-0.39, 0.29) is 5.97 Å². The molecule has 20 heavy (non-hydrogen) atoms. The quantitative estimate of drug-likeness (QED) is 0.241. The van der Waals surface area contributed by atoms with Gasteiger partial charge in [-0.2, -0.15) is 0 Å². The average Bonchev–Trinajstić information content (AvgIpc) is 2.43. The van der Waals surface area contributed by atoms with E-state index in [2.05, 4.69) is 20.1 Å².